The van der Waals surface area contributed by atoms with Gasteiger partial charge in [0, 0.05) is 27.7 Å². The molecule has 0 amide bonds. The van der Waals surface area contributed by atoms with Crippen LogP contribution in [0, 0.1) is 0 Å². The van der Waals surface area contributed by atoms with E-state index in [9.17, 15) is 29.7 Å². The molecule has 0 bridgehead atoms. The molecule has 4 aromatic heterocycles. The number of aromatic carboxylic acids is 3. The first-order valence-electron chi connectivity index (χ1n) is 14.1. The van der Waals surface area contributed by atoms with E-state index in [1.807, 2.05) is 12.1 Å². The number of carboxylic acid groups (broad SMARTS) is 3. The summed E-state index contributed by atoms with van der Waals surface area (Å²) in [7, 11) is 0. The Kier molecular flexibility index (Phi) is 9.20. The minimum absolute atomic E-state index is 0.0332. The molecule has 222 valence electrons. The summed E-state index contributed by atoms with van der Waals surface area (Å²) in [5, 5.41) is 28.6. The van der Waals surface area contributed by atoms with Crippen molar-refractivity contribution < 1.29 is 29.7 Å². The molecule has 0 radical (unpaired) electrons. The molecule has 10 heteroatoms. The van der Waals surface area contributed by atoms with Gasteiger partial charge in [-0.25, -0.2) is 19.4 Å². The van der Waals surface area contributed by atoms with E-state index in [2.05, 4.69) is 29.0 Å². The smallest absolute Gasteiger partial charge is 0.336 e. The minimum Gasteiger partial charge on any atom is -0.478 e. The highest BCUT2D eigenvalue weighted by Gasteiger charge is 2.19. The van der Waals surface area contributed by atoms with Gasteiger partial charge in [-0.15, -0.1) is 11.3 Å². The highest BCUT2D eigenvalue weighted by molar-refractivity contribution is 7.15. The van der Waals surface area contributed by atoms with Crippen LogP contribution in [0.25, 0.3) is 44.3 Å². The van der Waals surface area contributed by atoms with Gasteiger partial charge in [0.15, 0.2) is 0 Å². The van der Waals surface area contributed by atoms with Crippen LogP contribution in [-0.2, 0) is 6.42 Å². The second kappa shape index (κ2) is 13.4. The number of benzene rings is 1. The fourth-order valence-electron chi connectivity index (χ4n) is 4.84. The quantitative estimate of drug-likeness (QED) is 0.121. The summed E-state index contributed by atoms with van der Waals surface area (Å²) >= 11 is 1.75. The van der Waals surface area contributed by atoms with Crippen molar-refractivity contribution in [2.45, 2.75) is 39.0 Å². The van der Waals surface area contributed by atoms with Crippen LogP contribution < -0.4 is 0 Å². The molecule has 5 aromatic rings. The van der Waals surface area contributed by atoms with Crippen LogP contribution in [0.5, 0.6) is 0 Å². The van der Waals surface area contributed by atoms with E-state index < -0.39 is 17.9 Å². The van der Waals surface area contributed by atoms with Crippen molar-refractivity contribution >= 4 is 29.2 Å². The van der Waals surface area contributed by atoms with Crippen molar-refractivity contribution in [1.29, 1.82) is 0 Å². The molecule has 0 aliphatic carbocycles. The van der Waals surface area contributed by atoms with Crippen molar-refractivity contribution in [3.8, 4) is 44.3 Å². The zero-order valence-electron chi connectivity index (χ0n) is 23.9. The lowest BCUT2D eigenvalue weighted by atomic mass is 9.97. The number of thiophene rings is 1. The fraction of sp³-hybridized carbons (Fsp3) is 0.176. The van der Waals surface area contributed by atoms with Gasteiger partial charge >= 0.3 is 17.9 Å². The van der Waals surface area contributed by atoms with Crippen LogP contribution in [0.15, 0.2) is 79.1 Å². The number of carbonyl (C=O) groups is 3. The van der Waals surface area contributed by atoms with Crippen LogP contribution in [0.2, 0.25) is 0 Å². The van der Waals surface area contributed by atoms with Crippen LogP contribution in [0.4, 0.5) is 0 Å². The van der Waals surface area contributed by atoms with Crippen molar-refractivity contribution in [2.24, 2.45) is 0 Å². The monoisotopic (exact) mass is 607 g/mol. The van der Waals surface area contributed by atoms with Crippen LogP contribution in [-0.4, -0.2) is 48.2 Å². The van der Waals surface area contributed by atoms with Crippen molar-refractivity contribution in [2.75, 3.05) is 0 Å². The second-order valence-corrected chi connectivity index (χ2v) is 11.4. The number of hydrogen-bond donors (Lipinski definition) is 3. The summed E-state index contributed by atoms with van der Waals surface area (Å²) in [5.74, 6) is -3.83. The molecule has 0 fully saturated rings. The number of aromatic nitrogens is 3. The second-order valence-electron chi connectivity index (χ2n) is 10.2. The molecule has 44 heavy (non-hydrogen) atoms. The number of unbranched alkanes of at least 4 members (excludes halogenated alkanes) is 3. The molecule has 0 aliphatic rings. The highest BCUT2D eigenvalue weighted by Crippen LogP contribution is 2.33. The SMILES string of the molecule is CCCCCCc1ccc(-c2ccc(-c3cc(-c4ccc(C(=O)O)c(C(=O)O)c4)cc(-c4cc(C(=O)O)ccn4)n3)nc2)s1. The van der Waals surface area contributed by atoms with E-state index >= 15 is 0 Å². The Labute approximate surface area is 257 Å². The zero-order valence-corrected chi connectivity index (χ0v) is 24.7. The third-order valence-electron chi connectivity index (χ3n) is 7.16. The van der Waals surface area contributed by atoms with Gasteiger partial charge in [0.05, 0.1) is 39.5 Å². The van der Waals surface area contributed by atoms with Gasteiger partial charge in [-0.05, 0) is 84.6 Å². The normalized spacial score (nSPS) is 10.9. The summed E-state index contributed by atoms with van der Waals surface area (Å²) in [6, 6.07) is 18.3. The van der Waals surface area contributed by atoms with Crippen molar-refractivity contribution in [3.63, 3.8) is 0 Å². The van der Waals surface area contributed by atoms with Crippen molar-refractivity contribution in [3.05, 3.63) is 101 Å². The van der Waals surface area contributed by atoms with E-state index in [1.54, 1.807) is 29.7 Å². The van der Waals surface area contributed by atoms with Crippen LogP contribution in [0.1, 0.15) is 68.6 Å². The Morgan fingerprint density at radius 1 is 0.659 bits per heavy atom. The number of nitrogens with zero attached hydrogens (tertiary/aromatic N) is 3. The van der Waals surface area contributed by atoms with E-state index in [4.69, 9.17) is 4.98 Å². The summed E-state index contributed by atoms with van der Waals surface area (Å²) < 4.78 is 0. The molecule has 0 spiro atoms. The van der Waals surface area contributed by atoms with Gasteiger partial charge in [0.2, 0.25) is 0 Å². The van der Waals surface area contributed by atoms with Gasteiger partial charge in [0.25, 0.3) is 0 Å². The number of pyridine rings is 3. The molecule has 0 saturated carbocycles. The van der Waals surface area contributed by atoms with E-state index in [1.165, 1.54) is 67.1 Å². The molecular weight excluding hydrogens is 578 g/mol. The average Bonchev–Trinajstić information content (AvgIpc) is 3.51. The first-order valence-corrected chi connectivity index (χ1v) is 14.9. The Morgan fingerprint density at radius 3 is 2.09 bits per heavy atom. The maximum Gasteiger partial charge on any atom is 0.336 e. The molecule has 0 unspecified atom stereocenters. The molecule has 1 aromatic carbocycles. The maximum absolute atomic E-state index is 11.9. The zero-order chi connectivity index (χ0) is 31.2. The van der Waals surface area contributed by atoms with E-state index in [0.717, 1.165) is 16.9 Å². The number of rotatable bonds is 12. The predicted molar refractivity (Wildman–Crippen MR) is 168 cm³/mol. The van der Waals surface area contributed by atoms with Crippen LogP contribution in [0.3, 0.4) is 0 Å². The van der Waals surface area contributed by atoms with Gasteiger partial charge in [0.1, 0.15) is 0 Å². The lowest BCUT2D eigenvalue weighted by molar-refractivity contribution is 0.0651. The van der Waals surface area contributed by atoms with Gasteiger partial charge in [-0.3, -0.25) is 9.97 Å². The highest BCUT2D eigenvalue weighted by atomic mass is 32.1. The van der Waals surface area contributed by atoms with Crippen molar-refractivity contribution in [1.82, 2.24) is 15.0 Å². The van der Waals surface area contributed by atoms with Crippen LogP contribution >= 0.6 is 11.3 Å². The molecule has 0 aliphatic heterocycles. The standard InChI is InChI=1S/C34H29N3O6S/c1-2-3-4-5-6-24-9-12-31(44-24)22-8-11-27(36-19-22)29-17-23(20-7-10-25(33(40)41)26(15-20)34(42)43)18-30(37-29)28-16-21(32(38)39)13-14-35-28/h7-19H,2-6H2,1H3,(H,38,39)(H,40,41)(H,42,43). The predicted octanol–water partition coefficient (Wildman–Crippen LogP) is 7.82. The number of carboxylic acids is 3. The summed E-state index contributed by atoms with van der Waals surface area (Å²) in [5.41, 5.74) is 2.93. The Bertz CT molecular complexity index is 1850. The average molecular weight is 608 g/mol. The van der Waals surface area contributed by atoms with Gasteiger partial charge in [-0.2, -0.15) is 0 Å². The first-order chi connectivity index (χ1) is 21.2. The molecule has 5 rings (SSSR count). The summed E-state index contributed by atoms with van der Waals surface area (Å²) in [6.07, 6.45) is 9.07. The Hall–Kier alpha value is -5.22. The lowest BCUT2D eigenvalue weighted by Crippen LogP contribution is -2.08. The van der Waals surface area contributed by atoms with E-state index in [-0.39, 0.29) is 16.7 Å². The van der Waals surface area contributed by atoms with Gasteiger partial charge < -0.3 is 15.3 Å². The minimum atomic E-state index is -1.37. The fourth-order valence-corrected chi connectivity index (χ4v) is 5.87. The maximum atomic E-state index is 11.9. The van der Waals surface area contributed by atoms with E-state index in [0.29, 0.717) is 33.9 Å². The number of aryl methyl sites for hydroxylation is 1. The molecule has 3 N–H and O–H groups in total. The summed E-state index contributed by atoms with van der Waals surface area (Å²) in [6.45, 7) is 2.20. The third kappa shape index (κ3) is 6.87. The number of hydrogen-bond acceptors (Lipinski definition) is 7. The Morgan fingerprint density at radius 2 is 1.41 bits per heavy atom. The first kappa shape index (κ1) is 30.2. The molecule has 0 atom stereocenters. The Balaban J connectivity index is 1.54. The largest absolute Gasteiger partial charge is 0.478 e. The summed E-state index contributed by atoms with van der Waals surface area (Å²) in [4.78, 5) is 51.3. The molecule has 9 nitrogen and oxygen atoms in total. The molecular formula is C34H29N3O6S. The lowest BCUT2D eigenvalue weighted by Gasteiger charge is -2.11. The topological polar surface area (TPSA) is 151 Å². The molecule has 4 heterocycles. The van der Waals surface area contributed by atoms with Gasteiger partial charge in [-0.1, -0.05) is 32.3 Å². The third-order valence-corrected chi connectivity index (χ3v) is 8.35. The molecule has 0 saturated heterocycles.